The van der Waals surface area contributed by atoms with Crippen LogP contribution in [0.2, 0.25) is 5.02 Å². The van der Waals surface area contributed by atoms with E-state index >= 15 is 0 Å². The van der Waals surface area contributed by atoms with E-state index in [2.05, 4.69) is 11.4 Å². The first-order valence-electron chi connectivity index (χ1n) is 8.09. The molecule has 1 N–H and O–H groups in total. The van der Waals surface area contributed by atoms with Gasteiger partial charge in [-0.15, -0.1) is 0 Å². The molecule has 1 aromatic rings. The molecule has 0 unspecified atom stereocenters. The van der Waals surface area contributed by atoms with Crippen LogP contribution in [0.15, 0.2) is 29.8 Å². The molecule has 0 spiro atoms. The predicted molar refractivity (Wildman–Crippen MR) is 90.5 cm³/mol. The smallest absolute Gasteiger partial charge is 0.341 e. The molecule has 4 nitrogen and oxygen atoms in total. The largest absolute Gasteiger partial charge is 0.449 e. The lowest BCUT2D eigenvalue weighted by Gasteiger charge is -2.16. The van der Waals surface area contributed by atoms with E-state index in [0.717, 1.165) is 25.3 Å². The first-order chi connectivity index (χ1) is 11.5. The zero-order chi connectivity index (χ0) is 17.5. The summed E-state index contributed by atoms with van der Waals surface area (Å²) in [4.78, 5) is 23.9. The number of allylic oxidation sites excluding steroid dienone is 1. The standard InChI is InChI=1S/C18H21ClFNO3/c1-12(17(22)21-10-9-13-5-3-2-4-6-13)24-18(23)15-11-14(19)7-8-16(15)20/h5,7-8,11-12H,2-4,6,9-10H2,1H3,(H,21,22)/t12-/m0/s1. The lowest BCUT2D eigenvalue weighted by atomic mass is 9.97. The molecule has 0 bridgehead atoms. The Balaban J connectivity index is 1.81. The summed E-state index contributed by atoms with van der Waals surface area (Å²) in [6, 6.07) is 3.60. The first kappa shape index (κ1) is 18.5. The number of esters is 1. The highest BCUT2D eigenvalue weighted by Gasteiger charge is 2.21. The third-order valence-electron chi connectivity index (χ3n) is 3.93. The number of hydrogen-bond donors (Lipinski definition) is 1. The second-order valence-corrected chi connectivity index (χ2v) is 6.26. The molecule has 1 aliphatic carbocycles. The molecular weight excluding hydrogens is 333 g/mol. The second kappa shape index (κ2) is 8.83. The third kappa shape index (κ3) is 5.34. The summed E-state index contributed by atoms with van der Waals surface area (Å²) in [5, 5.41) is 2.96. The van der Waals surface area contributed by atoms with E-state index in [0.29, 0.717) is 6.54 Å². The van der Waals surface area contributed by atoms with Crippen molar-refractivity contribution >= 4 is 23.5 Å². The number of nitrogens with one attached hydrogen (secondary N) is 1. The van der Waals surface area contributed by atoms with Gasteiger partial charge in [0.1, 0.15) is 5.82 Å². The van der Waals surface area contributed by atoms with Crippen molar-refractivity contribution in [3.63, 3.8) is 0 Å². The average Bonchev–Trinajstić information content (AvgIpc) is 2.57. The molecule has 1 atom stereocenters. The number of halogens is 2. The number of hydrogen-bond acceptors (Lipinski definition) is 3. The fraction of sp³-hybridized carbons (Fsp3) is 0.444. The predicted octanol–water partition coefficient (Wildman–Crippen LogP) is 4.03. The van der Waals surface area contributed by atoms with Gasteiger partial charge in [0.05, 0.1) is 5.56 Å². The Morgan fingerprint density at radius 1 is 1.38 bits per heavy atom. The summed E-state index contributed by atoms with van der Waals surface area (Å²) in [5.41, 5.74) is 1.07. The van der Waals surface area contributed by atoms with Crippen LogP contribution in [0.1, 0.15) is 49.4 Å². The Hall–Kier alpha value is -1.88. The Morgan fingerprint density at radius 2 is 2.17 bits per heavy atom. The number of benzene rings is 1. The molecule has 0 fully saturated rings. The molecule has 6 heteroatoms. The normalized spacial score (nSPS) is 15.4. The molecule has 1 amide bonds. The molecule has 0 heterocycles. The molecule has 0 radical (unpaired) electrons. The summed E-state index contributed by atoms with van der Waals surface area (Å²) < 4.78 is 18.6. The molecule has 24 heavy (non-hydrogen) atoms. The van der Waals surface area contributed by atoms with Gasteiger partial charge in [0, 0.05) is 11.6 Å². The maximum Gasteiger partial charge on any atom is 0.341 e. The Bertz CT molecular complexity index is 645. The van der Waals surface area contributed by atoms with Gasteiger partial charge >= 0.3 is 5.97 Å². The zero-order valence-corrected chi connectivity index (χ0v) is 14.4. The maximum atomic E-state index is 13.6. The van der Waals surface area contributed by atoms with E-state index in [1.807, 2.05) is 0 Å². The second-order valence-electron chi connectivity index (χ2n) is 5.82. The first-order valence-corrected chi connectivity index (χ1v) is 8.47. The molecule has 0 saturated carbocycles. The van der Waals surface area contributed by atoms with E-state index in [-0.39, 0.29) is 10.6 Å². The van der Waals surface area contributed by atoms with Crippen LogP contribution < -0.4 is 5.32 Å². The molecule has 0 aliphatic heterocycles. The lowest BCUT2D eigenvalue weighted by Crippen LogP contribution is -2.36. The highest BCUT2D eigenvalue weighted by molar-refractivity contribution is 6.30. The number of amides is 1. The van der Waals surface area contributed by atoms with Crippen molar-refractivity contribution in [2.24, 2.45) is 0 Å². The Labute approximate surface area is 146 Å². The van der Waals surface area contributed by atoms with E-state index in [9.17, 15) is 14.0 Å². The van der Waals surface area contributed by atoms with Gasteiger partial charge in [0.15, 0.2) is 6.10 Å². The topological polar surface area (TPSA) is 55.4 Å². The number of carbonyl (C=O) groups is 2. The van der Waals surface area contributed by atoms with Gasteiger partial charge in [-0.3, -0.25) is 4.79 Å². The molecule has 1 aromatic carbocycles. The van der Waals surface area contributed by atoms with Gasteiger partial charge in [-0.05, 0) is 57.2 Å². The molecule has 0 saturated heterocycles. The SMILES string of the molecule is C[C@H](OC(=O)c1cc(Cl)ccc1F)C(=O)NCCC1=CCCCC1. The highest BCUT2D eigenvalue weighted by Crippen LogP contribution is 2.19. The fourth-order valence-corrected chi connectivity index (χ4v) is 2.73. The quantitative estimate of drug-likeness (QED) is 0.620. The van der Waals surface area contributed by atoms with Gasteiger partial charge in [0.2, 0.25) is 0 Å². The fourth-order valence-electron chi connectivity index (χ4n) is 2.55. The van der Waals surface area contributed by atoms with Crippen LogP contribution in [0.4, 0.5) is 4.39 Å². The zero-order valence-electron chi connectivity index (χ0n) is 13.6. The molecule has 1 aliphatic rings. The third-order valence-corrected chi connectivity index (χ3v) is 4.17. The minimum absolute atomic E-state index is 0.223. The van der Waals surface area contributed by atoms with E-state index < -0.39 is 23.8 Å². The summed E-state index contributed by atoms with van der Waals surface area (Å²) in [5.74, 6) is -2.05. The number of ether oxygens (including phenoxy) is 1. The Morgan fingerprint density at radius 3 is 2.88 bits per heavy atom. The minimum Gasteiger partial charge on any atom is -0.449 e. The van der Waals surface area contributed by atoms with E-state index in [4.69, 9.17) is 16.3 Å². The highest BCUT2D eigenvalue weighted by atomic mass is 35.5. The molecule has 2 rings (SSSR count). The van der Waals surface area contributed by atoms with Crippen molar-refractivity contribution in [2.75, 3.05) is 6.54 Å². The summed E-state index contributed by atoms with van der Waals surface area (Å²) in [6.07, 6.45) is 6.62. The molecule has 130 valence electrons. The van der Waals surface area contributed by atoms with Crippen LogP contribution in [0.3, 0.4) is 0 Å². The Kier molecular flexibility index (Phi) is 6.79. The lowest BCUT2D eigenvalue weighted by molar-refractivity contribution is -0.129. The maximum absolute atomic E-state index is 13.6. The van der Waals surface area contributed by atoms with Gasteiger partial charge < -0.3 is 10.1 Å². The van der Waals surface area contributed by atoms with Gasteiger partial charge in [-0.1, -0.05) is 23.3 Å². The van der Waals surface area contributed by atoms with Gasteiger partial charge in [0.25, 0.3) is 5.91 Å². The van der Waals surface area contributed by atoms with Crippen molar-refractivity contribution in [1.29, 1.82) is 0 Å². The van der Waals surface area contributed by atoms with Crippen molar-refractivity contribution in [2.45, 2.75) is 45.1 Å². The van der Waals surface area contributed by atoms with Crippen LogP contribution in [-0.4, -0.2) is 24.5 Å². The van der Waals surface area contributed by atoms with Crippen molar-refractivity contribution in [3.05, 3.63) is 46.3 Å². The average molecular weight is 354 g/mol. The van der Waals surface area contributed by atoms with Crippen LogP contribution in [0, 0.1) is 5.82 Å². The minimum atomic E-state index is -1.00. The van der Waals surface area contributed by atoms with Crippen molar-refractivity contribution in [3.8, 4) is 0 Å². The van der Waals surface area contributed by atoms with Crippen molar-refractivity contribution in [1.82, 2.24) is 5.32 Å². The van der Waals surface area contributed by atoms with E-state index in [1.54, 1.807) is 0 Å². The summed E-state index contributed by atoms with van der Waals surface area (Å²) in [7, 11) is 0. The summed E-state index contributed by atoms with van der Waals surface area (Å²) >= 11 is 5.74. The van der Waals surface area contributed by atoms with Crippen LogP contribution in [0.25, 0.3) is 0 Å². The molecular formula is C18H21ClFNO3. The van der Waals surface area contributed by atoms with E-state index in [1.165, 1.54) is 37.5 Å². The monoisotopic (exact) mass is 353 g/mol. The molecule has 0 aromatic heterocycles. The van der Waals surface area contributed by atoms with Crippen molar-refractivity contribution < 1.29 is 18.7 Å². The summed E-state index contributed by atoms with van der Waals surface area (Å²) in [6.45, 7) is 1.95. The van der Waals surface area contributed by atoms with Gasteiger partial charge in [-0.25, -0.2) is 9.18 Å². The van der Waals surface area contributed by atoms with Crippen LogP contribution >= 0.6 is 11.6 Å². The van der Waals surface area contributed by atoms with Crippen LogP contribution in [-0.2, 0) is 9.53 Å². The number of carbonyl (C=O) groups excluding carboxylic acids is 2. The van der Waals surface area contributed by atoms with Gasteiger partial charge in [-0.2, -0.15) is 0 Å². The van der Waals surface area contributed by atoms with Crippen LogP contribution in [0.5, 0.6) is 0 Å². The number of rotatable bonds is 6.